The predicted molar refractivity (Wildman–Crippen MR) is 122 cm³/mol. The van der Waals surface area contributed by atoms with E-state index in [9.17, 15) is 9.59 Å². The van der Waals surface area contributed by atoms with Gasteiger partial charge in [-0.25, -0.2) is 5.43 Å². The summed E-state index contributed by atoms with van der Waals surface area (Å²) in [6, 6.07) is 9.39. The quantitative estimate of drug-likeness (QED) is 0.413. The molecule has 2 aromatic carbocycles. The van der Waals surface area contributed by atoms with Crippen molar-refractivity contribution in [2.75, 3.05) is 21.3 Å². The molecule has 0 aliphatic heterocycles. The van der Waals surface area contributed by atoms with Crippen LogP contribution in [0.25, 0.3) is 0 Å². The zero-order chi connectivity index (χ0) is 23.0. The first-order valence-corrected chi connectivity index (χ1v) is 10.3. The van der Waals surface area contributed by atoms with E-state index in [-0.39, 0.29) is 11.8 Å². The van der Waals surface area contributed by atoms with Crippen molar-refractivity contribution in [2.45, 2.75) is 19.9 Å². The van der Waals surface area contributed by atoms with Gasteiger partial charge in [-0.3, -0.25) is 9.59 Å². The molecule has 2 aromatic rings. The molecule has 9 heteroatoms. The van der Waals surface area contributed by atoms with Crippen molar-refractivity contribution in [3.63, 3.8) is 0 Å². The minimum Gasteiger partial charge on any atom is -0.497 e. The number of hydrogen-bond donors (Lipinski definition) is 2. The van der Waals surface area contributed by atoms with Crippen LogP contribution in [0.2, 0.25) is 0 Å². The van der Waals surface area contributed by atoms with Crippen molar-refractivity contribution < 1.29 is 23.8 Å². The molecule has 0 heterocycles. The Hall–Kier alpha value is -3.07. The summed E-state index contributed by atoms with van der Waals surface area (Å²) < 4.78 is 16.4. The fraction of sp³-hybridized carbons (Fsp3) is 0.318. The molecule has 1 unspecified atom stereocenters. The van der Waals surface area contributed by atoms with Gasteiger partial charge in [0.1, 0.15) is 11.8 Å². The zero-order valence-electron chi connectivity index (χ0n) is 18.1. The Morgan fingerprint density at radius 1 is 1.03 bits per heavy atom. The van der Waals surface area contributed by atoms with E-state index in [0.29, 0.717) is 32.8 Å². The van der Waals surface area contributed by atoms with Crippen LogP contribution in [0.5, 0.6) is 17.2 Å². The van der Waals surface area contributed by atoms with Gasteiger partial charge >= 0.3 is 0 Å². The molecular formula is C22H26BrN3O5. The monoisotopic (exact) mass is 491 g/mol. The highest BCUT2D eigenvalue weighted by Crippen LogP contribution is 2.35. The van der Waals surface area contributed by atoms with Crippen molar-refractivity contribution in [1.29, 1.82) is 0 Å². The summed E-state index contributed by atoms with van der Waals surface area (Å²) in [6.07, 6.45) is 1.48. The van der Waals surface area contributed by atoms with Crippen molar-refractivity contribution in [1.82, 2.24) is 10.7 Å². The van der Waals surface area contributed by atoms with Gasteiger partial charge in [0.25, 0.3) is 11.8 Å². The SMILES string of the molecule is COc1ccc(C(=O)NC(C(=O)NN=Cc2cc(Br)c(OC)c(OC)c2)C(C)C)cc1. The van der Waals surface area contributed by atoms with Crippen LogP contribution in [0.15, 0.2) is 46.0 Å². The third kappa shape index (κ3) is 6.45. The van der Waals surface area contributed by atoms with Gasteiger partial charge in [0.2, 0.25) is 0 Å². The first-order valence-electron chi connectivity index (χ1n) is 9.50. The molecule has 8 nitrogen and oxygen atoms in total. The highest BCUT2D eigenvalue weighted by atomic mass is 79.9. The first kappa shape index (κ1) is 24.2. The minimum atomic E-state index is -0.760. The minimum absolute atomic E-state index is 0.146. The van der Waals surface area contributed by atoms with Gasteiger partial charge in [-0.1, -0.05) is 13.8 Å². The lowest BCUT2D eigenvalue weighted by molar-refractivity contribution is -0.123. The Labute approximate surface area is 190 Å². The van der Waals surface area contributed by atoms with Crippen LogP contribution in [0.1, 0.15) is 29.8 Å². The molecule has 1 atom stereocenters. The lowest BCUT2D eigenvalue weighted by Gasteiger charge is -2.20. The molecule has 0 bridgehead atoms. The summed E-state index contributed by atoms with van der Waals surface area (Å²) in [5, 5.41) is 6.76. The van der Waals surface area contributed by atoms with E-state index in [2.05, 4.69) is 31.8 Å². The van der Waals surface area contributed by atoms with Crippen LogP contribution in [0.3, 0.4) is 0 Å². The largest absolute Gasteiger partial charge is 0.497 e. The molecule has 0 radical (unpaired) electrons. The van der Waals surface area contributed by atoms with Crippen molar-refractivity contribution in [2.24, 2.45) is 11.0 Å². The summed E-state index contributed by atoms with van der Waals surface area (Å²) in [5.74, 6) is 0.802. The number of hydrogen-bond acceptors (Lipinski definition) is 6. The topological polar surface area (TPSA) is 98.2 Å². The van der Waals surface area contributed by atoms with Crippen molar-refractivity contribution in [3.8, 4) is 17.2 Å². The average molecular weight is 492 g/mol. The smallest absolute Gasteiger partial charge is 0.262 e. The number of rotatable bonds is 9. The van der Waals surface area contributed by atoms with E-state index < -0.39 is 11.9 Å². The van der Waals surface area contributed by atoms with Gasteiger partial charge in [-0.15, -0.1) is 0 Å². The fourth-order valence-corrected chi connectivity index (χ4v) is 3.38. The number of carbonyl (C=O) groups is 2. The molecule has 0 aliphatic carbocycles. The van der Waals surface area contributed by atoms with E-state index in [1.54, 1.807) is 50.6 Å². The third-order valence-electron chi connectivity index (χ3n) is 4.43. The Bertz CT molecular complexity index is 945. The summed E-state index contributed by atoms with van der Waals surface area (Å²) in [7, 11) is 4.63. The number of methoxy groups -OCH3 is 3. The Morgan fingerprint density at radius 2 is 1.71 bits per heavy atom. The molecule has 2 amide bonds. The molecule has 2 rings (SSSR count). The highest BCUT2D eigenvalue weighted by Gasteiger charge is 2.24. The third-order valence-corrected chi connectivity index (χ3v) is 5.02. The van der Waals surface area contributed by atoms with E-state index in [1.807, 2.05) is 13.8 Å². The summed E-state index contributed by atoms with van der Waals surface area (Å²) in [5.41, 5.74) is 3.60. The predicted octanol–water partition coefficient (Wildman–Crippen LogP) is 3.38. The van der Waals surface area contributed by atoms with Gasteiger partial charge < -0.3 is 19.5 Å². The van der Waals surface area contributed by atoms with Gasteiger partial charge in [0.15, 0.2) is 11.5 Å². The van der Waals surface area contributed by atoms with Crippen LogP contribution in [-0.4, -0.2) is 45.4 Å². The van der Waals surface area contributed by atoms with E-state index >= 15 is 0 Å². The normalized spacial score (nSPS) is 11.8. The van der Waals surface area contributed by atoms with Crippen LogP contribution in [0.4, 0.5) is 0 Å². The highest BCUT2D eigenvalue weighted by molar-refractivity contribution is 9.10. The number of halogens is 1. The van der Waals surface area contributed by atoms with Gasteiger partial charge in [0.05, 0.1) is 32.0 Å². The number of nitrogens with zero attached hydrogens (tertiary/aromatic N) is 1. The Balaban J connectivity index is 2.07. The maximum absolute atomic E-state index is 12.6. The zero-order valence-corrected chi connectivity index (χ0v) is 19.6. The van der Waals surface area contributed by atoms with Crippen LogP contribution in [-0.2, 0) is 4.79 Å². The van der Waals surface area contributed by atoms with E-state index in [4.69, 9.17) is 14.2 Å². The number of benzene rings is 2. The molecule has 0 fully saturated rings. The number of ether oxygens (including phenoxy) is 3. The van der Waals surface area contributed by atoms with Crippen molar-refractivity contribution >= 4 is 34.0 Å². The van der Waals surface area contributed by atoms with Crippen LogP contribution in [0, 0.1) is 5.92 Å². The molecule has 31 heavy (non-hydrogen) atoms. The molecule has 0 aromatic heterocycles. The number of nitrogens with one attached hydrogen (secondary N) is 2. The lowest BCUT2D eigenvalue weighted by atomic mass is 10.0. The number of carbonyl (C=O) groups excluding carboxylic acids is 2. The second kappa shape index (κ2) is 11.4. The molecular weight excluding hydrogens is 466 g/mol. The second-order valence-electron chi connectivity index (χ2n) is 6.90. The summed E-state index contributed by atoms with van der Waals surface area (Å²) in [6.45, 7) is 3.68. The van der Waals surface area contributed by atoms with Gasteiger partial charge in [-0.05, 0) is 63.8 Å². The number of hydrazone groups is 1. The Kier molecular flexibility index (Phi) is 8.87. The Morgan fingerprint density at radius 3 is 2.26 bits per heavy atom. The lowest BCUT2D eigenvalue weighted by Crippen LogP contribution is -2.48. The summed E-state index contributed by atoms with van der Waals surface area (Å²) in [4.78, 5) is 25.1. The molecule has 0 aliphatic rings. The van der Waals surface area contributed by atoms with Gasteiger partial charge in [-0.2, -0.15) is 5.10 Å². The maximum atomic E-state index is 12.6. The second-order valence-corrected chi connectivity index (χ2v) is 7.75. The molecule has 166 valence electrons. The van der Waals surface area contributed by atoms with Crippen LogP contribution < -0.4 is 25.0 Å². The number of amides is 2. The molecule has 2 N–H and O–H groups in total. The van der Waals surface area contributed by atoms with E-state index in [1.165, 1.54) is 13.3 Å². The van der Waals surface area contributed by atoms with Crippen LogP contribution >= 0.6 is 15.9 Å². The molecule has 0 spiro atoms. The fourth-order valence-electron chi connectivity index (χ4n) is 2.75. The summed E-state index contributed by atoms with van der Waals surface area (Å²) >= 11 is 3.41. The molecule has 0 saturated carbocycles. The molecule has 0 saturated heterocycles. The maximum Gasteiger partial charge on any atom is 0.262 e. The van der Waals surface area contributed by atoms with Gasteiger partial charge in [0, 0.05) is 5.56 Å². The van der Waals surface area contributed by atoms with Crippen molar-refractivity contribution in [3.05, 3.63) is 52.0 Å². The van der Waals surface area contributed by atoms with E-state index in [0.717, 1.165) is 0 Å². The first-order chi connectivity index (χ1) is 14.8. The average Bonchev–Trinajstić information content (AvgIpc) is 2.76. The standard InChI is InChI=1S/C22H26BrN3O5/c1-13(2)19(25-21(27)15-6-8-16(29-3)9-7-15)22(28)26-24-12-14-10-17(23)20(31-5)18(11-14)30-4/h6-13,19H,1-5H3,(H,25,27)(H,26,28).